The summed E-state index contributed by atoms with van der Waals surface area (Å²) in [7, 11) is 3.30. The molecule has 1 atom stereocenters. The van der Waals surface area contributed by atoms with Crippen LogP contribution < -0.4 is 19.7 Å². The quantitative estimate of drug-likeness (QED) is 0.842. The largest absolute Gasteiger partial charge is 0.497 e. The number of benzene rings is 1. The average molecular weight is 330 g/mol. The molecule has 7 nitrogen and oxygen atoms in total. The van der Waals surface area contributed by atoms with Crippen molar-refractivity contribution in [1.82, 2.24) is 15.5 Å². The fourth-order valence-electron chi connectivity index (χ4n) is 2.92. The van der Waals surface area contributed by atoms with E-state index in [4.69, 9.17) is 9.47 Å². The Bertz CT molecular complexity index is 665. The summed E-state index contributed by atoms with van der Waals surface area (Å²) < 4.78 is 10.7. The van der Waals surface area contributed by atoms with E-state index in [0.717, 1.165) is 36.7 Å². The van der Waals surface area contributed by atoms with E-state index in [9.17, 15) is 4.79 Å². The Hall–Kier alpha value is -2.70. The van der Waals surface area contributed by atoms with Crippen LogP contribution in [-0.4, -0.2) is 50.0 Å². The van der Waals surface area contributed by atoms with Gasteiger partial charge in [-0.15, -0.1) is 0 Å². The lowest BCUT2D eigenvalue weighted by Crippen LogP contribution is -2.31. The van der Waals surface area contributed by atoms with Crippen LogP contribution in [0.4, 0.5) is 5.69 Å². The normalized spacial score (nSPS) is 16.9. The van der Waals surface area contributed by atoms with Crippen LogP contribution in [0.1, 0.15) is 16.9 Å². The van der Waals surface area contributed by atoms with Crippen molar-refractivity contribution in [2.45, 2.75) is 6.42 Å². The zero-order chi connectivity index (χ0) is 16.9. The van der Waals surface area contributed by atoms with Crippen LogP contribution in [-0.2, 0) is 0 Å². The summed E-state index contributed by atoms with van der Waals surface area (Å²) in [5.41, 5.74) is 1.57. The van der Waals surface area contributed by atoms with Crippen molar-refractivity contribution >= 4 is 11.6 Å². The number of nitrogens with zero attached hydrogens (tertiary/aromatic N) is 2. The molecule has 1 amide bonds. The molecule has 0 radical (unpaired) electrons. The summed E-state index contributed by atoms with van der Waals surface area (Å²) in [6.07, 6.45) is 2.60. The second kappa shape index (κ2) is 7.25. The van der Waals surface area contributed by atoms with Gasteiger partial charge in [0.1, 0.15) is 17.2 Å². The van der Waals surface area contributed by atoms with Gasteiger partial charge in [-0.25, -0.2) is 0 Å². The first-order valence-electron chi connectivity index (χ1n) is 7.95. The summed E-state index contributed by atoms with van der Waals surface area (Å²) in [6, 6.07) is 7.54. The molecule has 2 N–H and O–H groups in total. The van der Waals surface area contributed by atoms with Crippen LogP contribution in [0, 0.1) is 5.92 Å². The van der Waals surface area contributed by atoms with Gasteiger partial charge in [0.2, 0.25) is 0 Å². The highest BCUT2D eigenvalue weighted by atomic mass is 16.5. The first kappa shape index (κ1) is 16.2. The third kappa shape index (κ3) is 3.61. The van der Waals surface area contributed by atoms with Crippen LogP contribution in [0.5, 0.6) is 11.5 Å². The number of hydrogen-bond acceptors (Lipinski definition) is 5. The van der Waals surface area contributed by atoms with Crippen molar-refractivity contribution < 1.29 is 14.3 Å². The summed E-state index contributed by atoms with van der Waals surface area (Å²) in [6.45, 7) is 2.48. The molecule has 1 aromatic carbocycles. The van der Waals surface area contributed by atoms with Crippen LogP contribution in [0.25, 0.3) is 0 Å². The zero-order valence-electron chi connectivity index (χ0n) is 13.9. The Morgan fingerprint density at radius 1 is 1.33 bits per heavy atom. The molecule has 7 heteroatoms. The molecule has 1 fully saturated rings. The topological polar surface area (TPSA) is 79.5 Å². The monoisotopic (exact) mass is 330 g/mol. The van der Waals surface area contributed by atoms with Crippen LogP contribution in [0.3, 0.4) is 0 Å². The fourth-order valence-corrected chi connectivity index (χ4v) is 2.92. The molecule has 0 spiro atoms. The number of aromatic amines is 1. The predicted octanol–water partition coefficient (Wildman–Crippen LogP) is 1.68. The maximum Gasteiger partial charge on any atom is 0.269 e. The van der Waals surface area contributed by atoms with Crippen molar-refractivity contribution in [3.8, 4) is 11.5 Å². The van der Waals surface area contributed by atoms with Crippen molar-refractivity contribution in [1.29, 1.82) is 0 Å². The number of H-pyrrole nitrogens is 1. The molecule has 24 heavy (non-hydrogen) atoms. The van der Waals surface area contributed by atoms with Crippen molar-refractivity contribution in [3.05, 3.63) is 36.2 Å². The van der Waals surface area contributed by atoms with E-state index in [1.165, 1.54) is 0 Å². The highest BCUT2D eigenvalue weighted by Gasteiger charge is 2.24. The smallest absolute Gasteiger partial charge is 0.269 e. The van der Waals surface area contributed by atoms with E-state index in [1.807, 2.05) is 18.2 Å². The molecule has 0 bridgehead atoms. The van der Waals surface area contributed by atoms with Gasteiger partial charge in [-0.1, -0.05) is 0 Å². The number of carbonyl (C=O) groups excluding carboxylic acids is 1. The molecule has 1 aliphatic rings. The Balaban J connectivity index is 1.58. The molecule has 1 saturated heterocycles. The standard InChI is InChI=1S/C17H22N4O3/c1-23-14-7-13(8-15(9-14)24-2)21-6-4-12(11-21)10-18-17(22)16-3-5-19-20-16/h3,5,7-9,12H,4,6,10-11H2,1-2H3,(H,18,22)(H,19,20)/t12-/m0/s1. The lowest BCUT2D eigenvalue weighted by Gasteiger charge is -2.20. The number of carbonyl (C=O) groups is 1. The highest BCUT2D eigenvalue weighted by molar-refractivity contribution is 5.92. The average Bonchev–Trinajstić information content (AvgIpc) is 3.30. The Morgan fingerprint density at radius 2 is 2.08 bits per heavy atom. The number of amides is 1. The first-order valence-corrected chi connectivity index (χ1v) is 7.95. The summed E-state index contributed by atoms with van der Waals surface area (Å²) in [5, 5.41) is 9.42. The van der Waals surface area contributed by atoms with Gasteiger partial charge in [0.05, 0.1) is 14.2 Å². The van der Waals surface area contributed by atoms with Gasteiger partial charge in [-0.05, 0) is 18.4 Å². The Morgan fingerprint density at radius 3 is 2.71 bits per heavy atom. The van der Waals surface area contributed by atoms with Crippen LogP contribution >= 0.6 is 0 Å². The number of rotatable bonds is 6. The number of anilines is 1. The summed E-state index contributed by atoms with van der Waals surface area (Å²) >= 11 is 0. The minimum absolute atomic E-state index is 0.117. The molecule has 3 rings (SSSR count). The molecule has 1 aliphatic heterocycles. The van der Waals surface area contributed by atoms with E-state index in [1.54, 1.807) is 26.5 Å². The molecule has 2 aromatic rings. The van der Waals surface area contributed by atoms with Gasteiger partial charge >= 0.3 is 0 Å². The van der Waals surface area contributed by atoms with Gasteiger partial charge in [-0.2, -0.15) is 5.10 Å². The molecular formula is C17H22N4O3. The maximum atomic E-state index is 12.0. The Labute approximate surface area is 140 Å². The van der Waals surface area contributed by atoms with E-state index in [0.29, 0.717) is 18.2 Å². The number of ether oxygens (including phenoxy) is 2. The number of aromatic nitrogens is 2. The first-order chi connectivity index (χ1) is 11.7. The second-order valence-electron chi connectivity index (χ2n) is 5.85. The molecule has 0 unspecified atom stereocenters. The van der Waals surface area contributed by atoms with Crippen molar-refractivity contribution in [2.24, 2.45) is 5.92 Å². The van der Waals surface area contributed by atoms with E-state index in [2.05, 4.69) is 20.4 Å². The van der Waals surface area contributed by atoms with Crippen LogP contribution in [0.2, 0.25) is 0 Å². The number of nitrogens with one attached hydrogen (secondary N) is 2. The fraction of sp³-hybridized carbons (Fsp3) is 0.412. The van der Waals surface area contributed by atoms with Gasteiger partial charge in [0.25, 0.3) is 5.91 Å². The minimum Gasteiger partial charge on any atom is -0.497 e. The van der Waals surface area contributed by atoms with Crippen molar-refractivity contribution in [3.63, 3.8) is 0 Å². The molecule has 0 aliphatic carbocycles. The number of hydrogen-bond donors (Lipinski definition) is 2. The highest BCUT2D eigenvalue weighted by Crippen LogP contribution is 2.31. The Kier molecular flexibility index (Phi) is 4.88. The lowest BCUT2D eigenvalue weighted by molar-refractivity contribution is 0.0943. The van der Waals surface area contributed by atoms with Gasteiger partial charge in [-0.3, -0.25) is 9.89 Å². The second-order valence-corrected chi connectivity index (χ2v) is 5.85. The van der Waals surface area contributed by atoms with Crippen molar-refractivity contribution in [2.75, 3.05) is 38.8 Å². The number of methoxy groups -OCH3 is 2. The minimum atomic E-state index is -0.117. The third-order valence-electron chi connectivity index (χ3n) is 4.28. The molecular weight excluding hydrogens is 308 g/mol. The van der Waals surface area contributed by atoms with Crippen LogP contribution in [0.15, 0.2) is 30.5 Å². The van der Waals surface area contributed by atoms with E-state index < -0.39 is 0 Å². The van der Waals surface area contributed by atoms with Gasteiger partial charge < -0.3 is 19.7 Å². The molecule has 0 saturated carbocycles. The van der Waals surface area contributed by atoms with E-state index in [-0.39, 0.29) is 5.91 Å². The van der Waals surface area contributed by atoms with E-state index >= 15 is 0 Å². The third-order valence-corrected chi connectivity index (χ3v) is 4.28. The van der Waals surface area contributed by atoms with Gasteiger partial charge in [0, 0.05) is 49.7 Å². The zero-order valence-corrected chi connectivity index (χ0v) is 13.9. The SMILES string of the molecule is COc1cc(OC)cc(N2CC[C@@H](CNC(=O)c3ccn[nH]3)C2)c1. The molecule has 1 aromatic heterocycles. The lowest BCUT2D eigenvalue weighted by atomic mass is 10.1. The predicted molar refractivity (Wildman–Crippen MR) is 90.8 cm³/mol. The summed E-state index contributed by atoms with van der Waals surface area (Å²) in [5.74, 6) is 1.85. The molecule has 128 valence electrons. The molecule has 2 heterocycles. The van der Waals surface area contributed by atoms with Gasteiger partial charge in [0.15, 0.2) is 0 Å². The maximum absolute atomic E-state index is 12.0. The summed E-state index contributed by atoms with van der Waals surface area (Å²) in [4.78, 5) is 14.2.